The second-order valence-electron chi connectivity index (χ2n) is 3.98. The van der Waals surface area contributed by atoms with E-state index < -0.39 is 0 Å². The first kappa shape index (κ1) is 9.77. The van der Waals surface area contributed by atoms with Gasteiger partial charge in [-0.2, -0.15) is 0 Å². The number of rotatable bonds is 1. The summed E-state index contributed by atoms with van der Waals surface area (Å²) in [6.07, 6.45) is 3.80. The quantitative estimate of drug-likeness (QED) is 0.643. The third-order valence-electron chi connectivity index (χ3n) is 2.85. The van der Waals surface area contributed by atoms with Crippen LogP contribution in [0.3, 0.4) is 0 Å². The van der Waals surface area contributed by atoms with E-state index in [2.05, 4.69) is 22.5 Å². The molecule has 0 aromatic heterocycles. The number of aliphatic imine (C=N–C) groups is 1. The lowest BCUT2D eigenvalue weighted by Crippen LogP contribution is -2.45. The highest BCUT2D eigenvalue weighted by Gasteiger charge is 2.24. The van der Waals surface area contributed by atoms with Crippen molar-refractivity contribution in [1.29, 1.82) is 0 Å². The SMILES string of the molecule is CC1OCCC1NC1=NCCCCN1. The topological polar surface area (TPSA) is 45.6 Å². The summed E-state index contributed by atoms with van der Waals surface area (Å²) in [5, 5.41) is 6.73. The van der Waals surface area contributed by atoms with E-state index in [-0.39, 0.29) is 0 Å². The number of nitrogens with zero attached hydrogens (tertiary/aromatic N) is 1. The van der Waals surface area contributed by atoms with E-state index in [1.807, 2.05) is 0 Å². The molecule has 2 aliphatic heterocycles. The van der Waals surface area contributed by atoms with Crippen LogP contribution in [-0.4, -0.2) is 37.8 Å². The molecule has 0 spiro atoms. The molecule has 0 bridgehead atoms. The molecule has 14 heavy (non-hydrogen) atoms. The molecule has 0 aliphatic carbocycles. The summed E-state index contributed by atoms with van der Waals surface area (Å²) >= 11 is 0. The molecule has 1 saturated heterocycles. The van der Waals surface area contributed by atoms with Crippen LogP contribution in [0, 0.1) is 0 Å². The van der Waals surface area contributed by atoms with Gasteiger partial charge in [0.2, 0.25) is 0 Å². The fourth-order valence-electron chi connectivity index (χ4n) is 1.88. The smallest absolute Gasteiger partial charge is 0.191 e. The average molecular weight is 197 g/mol. The largest absolute Gasteiger partial charge is 0.376 e. The van der Waals surface area contributed by atoms with Gasteiger partial charge < -0.3 is 15.4 Å². The lowest BCUT2D eigenvalue weighted by atomic mass is 10.2. The van der Waals surface area contributed by atoms with Crippen LogP contribution in [0.2, 0.25) is 0 Å². The molecular weight excluding hydrogens is 178 g/mol. The van der Waals surface area contributed by atoms with Crippen LogP contribution >= 0.6 is 0 Å². The Bertz CT molecular complexity index is 217. The number of ether oxygens (including phenoxy) is 1. The van der Waals surface area contributed by atoms with Gasteiger partial charge in [-0.05, 0) is 26.2 Å². The van der Waals surface area contributed by atoms with Gasteiger partial charge in [-0.3, -0.25) is 4.99 Å². The van der Waals surface area contributed by atoms with E-state index in [9.17, 15) is 0 Å². The van der Waals surface area contributed by atoms with Gasteiger partial charge in [0.25, 0.3) is 0 Å². The predicted octanol–water partition coefficient (Wildman–Crippen LogP) is 0.493. The number of guanidine groups is 1. The summed E-state index contributed by atoms with van der Waals surface area (Å²) in [6.45, 7) is 4.96. The zero-order valence-corrected chi connectivity index (χ0v) is 8.75. The Morgan fingerprint density at radius 3 is 3.21 bits per heavy atom. The molecule has 2 N–H and O–H groups in total. The lowest BCUT2D eigenvalue weighted by molar-refractivity contribution is 0.116. The Hall–Kier alpha value is -0.770. The fraction of sp³-hybridized carbons (Fsp3) is 0.900. The van der Waals surface area contributed by atoms with Gasteiger partial charge in [0.05, 0.1) is 12.1 Å². The second-order valence-corrected chi connectivity index (χ2v) is 3.98. The van der Waals surface area contributed by atoms with Crippen LogP contribution in [0.4, 0.5) is 0 Å². The van der Waals surface area contributed by atoms with Crippen LogP contribution in [-0.2, 0) is 4.74 Å². The van der Waals surface area contributed by atoms with Crippen molar-refractivity contribution in [3.05, 3.63) is 0 Å². The second kappa shape index (κ2) is 4.64. The summed E-state index contributed by atoms with van der Waals surface area (Å²) in [6, 6.07) is 0.430. The standard InChI is InChI=1S/C10H19N3O/c1-8-9(4-7-14-8)13-10-11-5-2-3-6-12-10/h8-9H,2-7H2,1H3,(H2,11,12,13). The van der Waals surface area contributed by atoms with Gasteiger partial charge >= 0.3 is 0 Å². The van der Waals surface area contributed by atoms with Gasteiger partial charge in [-0.15, -0.1) is 0 Å². The molecule has 0 saturated carbocycles. The average Bonchev–Trinajstić information content (AvgIpc) is 2.44. The highest BCUT2D eigenvalue weighted by molar-refractivity contribution is 5.80. The Labute approximate surface area is 85.1 Å². The van der Waals surface area contributed by atoms with E-state index >= 15 is 0 Å². The molecule has 0 aromatic rings. The van der Waals surface area contributed by atoms with Crippen molar-refractivity contribution in [1.82, 2.24) is 10.6 Å². The maximum Gasteiger partial charge on any atom is 0.191 e. The first-order valence-electron chi connectivity index (χ1n) is 5.53. The number of hydrogen-bond donors (Lipinski definition) is 2. The van der Waals surface area contributed by atoms with Crippen molar-refractivity contribution in [3.63, 3.8) is 0 Å². The molecule has 0 radical (unpaired) electrons. The first-order valence-corrected chi connectivity index (χ1v) is 5.53. The predicted molar refractivity (Wildman–Crippen MR) is 56.5 cm³/mol. The summed E-state index contributed by atoms with van der Waals surface area (Å²) in [7, 11) is 0. The minimum absolute atomic E-state index is 0.308. The molecule has 80 valence electrons. The molecule has 1 fully saturated rings. The van der Waals surface area contributed by atoms with E-state index in [1.165, 1.54) is 12.8 Å². The van der Waals surface area contributed by atoms with Gasteiger partial charge in [0.15, 0.2) is 5.96 Å². The van der Waals surface area contributed by atoms with E-state index in [4.69, 9.17) is 4.74 Å². The third-order valence-corrected chi connectivity index (χ3v) is 2.85. The van der Waals surface area contributed by atoms with E-state index in [0.717, 1.165) is 32.1 Å². The van der Waals surface area contributed by atoms with Crippen LogP contribution in [0.5, 0.6) is 0 Å². The lowest BCUT2D eigenvalue weighted by Gasteiger charge is -2.18. The minimum Gasteiger partial charge on any atom is -0.376 e. The van der Waals surface area contributed by atoms with Gasteiger partial charge in [-0.1, -0.05) is 0 Å². The van der Waals surface area contributed by atoms with Crippen LogP contribution in [0.15, 0.2) is 4.99 Å². The molecule has 2 aliphatic rings. The highest BCUT2D eigenvalue weighted by atomic mass is 16.5. The molecule has 0 aromatic carbocycles. The van der Waals surface area contributed by atoms with Gasteiger partial charge in [-0.25, -0.2) is 0 Å². The van der Waals surface area contributed by atoms with E-state index in [1.54, 1.807) is 0 Å². The fourth-order valence-corrected chi connectivity index (χ4v) is 1.88. The van der Waals surface area contributed by atoms with Gasteiger partial charge in [0.1, 0.15) is 0 Å². The van der Waals surface area contributed by atoms with Crippen molar-refractivity contribution in [2.24, 2.45) is 4.99 Å². The van der Waals surface area contributed by atoms with Crippen molar-refractivity contribution >= 4 is 5.96 Å². The van der Waals surface area contributed by atoms with Crippen molar-refractivity contribution < 1.29 is 4.74 Å². The Morgan fingerprint density at radius 2 is 2.43 bits per heavy atom. The highest BCUT2D eigenvalue weighted by Crippen LogP contribution is 2.12. The number of hydrogen-bond acceptors (Lipinski definition) is 4. The maximum atomic E-state index is 5.49. The molecular formula is C10H19N3O. The molecule has 2 rings (SSSR count). The molecule has 2 unspecified atom stereocenters. The Balaban J connectivity index is 1.85. The maximum absolute atomic E-state index is 5.49. The molecule has 2 atom stereocenters. The first-order chi connectivity index (χ1) is 6.86. The normalized spacial score (nSPS) is 33.1. The molecule has 2 heterocycles. The Kier molecular flexibility index (Phi) is 3.24. The summed E-state index contributed by atoms with van der Waals surface area (Å²) in [5.74, 6) is 0.963. The zero-order chi connectivity index (χ0) is 9.80. The third kappa shape index (κ3) is 2.38. The van der Waals surface area contributed by atoms with Crippen LogP contribution in [0.25, 0.3) is 0 Å². The van der Waals surface area contributed by atoms with Crippen LogP contribution in [0.1, 0.15) is 26.2 Å². The molecule has 4 nitrogen and oxygen atoms in total. The molecule has 4 heteroatoms. The molecule has 0 amide bonds. The van der Waals surface area contributed by atoms with Crippen LogP contribution < -0.4 is 10.6 Å². The summed E-state index contributed by atoms with van der Waals surface area (Å²) in [5.41, 5.74) is 0. The van der Waals surface area contributed by atoms with Crippen molar-refractivity contribution in [3.8, 4) is 0 Å². The summed E-state index contributed by atoms with van der Waals surface area (Å²) in [4.78, 5) is 4.46. The van der Waals surface area contributed by atoms with Crippen molar-refractivity contribution in [2.45, 2.75) is 38.3 Å². The zero-order valence-electron chi connectivity index (χ0n) is 8.75. The Morgan fingerprint density at radius 1 is 1.50 bits per heavy atom. The number of nitrogens with one attached hydrogen (secondary N) is 2. The van der Waals surface area contributed by atoms with Crippen molar-refractivity contribution in [2.75, 3.05) is 19.7 Å². The minimum atomic E-state index is 0.308. The monoisotopic (exact) mass is 197 g/mol. The van der Waals surface area contributed by atoms with E-state index in [0.29, 0.717) is 12.1 Å². The van der Waals surface area contributed by atoms with Gasteiger partial charge in [0, 0.05) is 19.7 Å². The summed E-state index contributed by atoms with van der Waals surface area (Å²) < 4.78 is 5.49.